The van der Waals surface area contributed by atoms with Gasteiger partial charge < -0.3 is 4.90 Å². The molecule has 0 amide bonds. The maximum Gasteiger partial charge on any atom is 0.0433 e. The van der Waals surface area contributed by atoms with Gasteiger partial charge in [-0.3, -0.25) is 0 Å². The Morgan fingerprint density at radius 3 is 1.82 bits per heavy atom. The molecule has 1 nitrogen and oxygen atoms in total. The average molecular weight is 286 g/mol. The monoisotopic (exact) mass is 286 g/mol. The molecule has 3 rings (SSSR count). The summed E-state index contributed by atoms with van der Waals surface area (Å²) in [6, 6.07) is 30.6. The van der Waals surface area contributed by atoms with Gasteiger partial charge >= 0.3 is 0 Å². The van der Waals surface area contributed by atoms with E-state index in [0.717, 1.165) is 13.1 Å². The number of rotatable bonds is 5. The summed E-state index contributed by atoms with van der Waals surface area (Å²) in [5.41, 5.74) is 5.18. The SMILES string of the molecule is Cc1c[c]ccc1N(Cc1ccccc1)Cc1ccccc1. The molecule has 0 aliphatic rings. The molecule has 0 saturated carbocycles. The summed E-state index contributed by atoms with van der Waals surface area (Å²) >= 11 is 0. The molecule has 22 heavy (non-hydrogen) atoms. The Morgan fingerprint density at radius 2 is 1.32 bits per heavy atom. The van der Waals surface area contributed by atoms with Crippen LogP contribution in [0, 0.1) is 13.0 Å². The van der Waals surface area contributed by atoms with Crippen LogP contribution in [0.4, 0.5) is 5.69 Å². The molecular weight excluding hydrogens is 266 g/mol. The minimum atomic E-state index is 0.903. The van der Waals surface area contributed by atoms with Gasteiger partial charge in [-0.15, -0.1) is 0 Å². The van der Waals surface area contributed by atoms with Crippen molar-refractivity contribution in [3.8, 4) is 0 Å². The van der Waals surface area contributed by atoms with E-state index in [1.165, 1.54) is 22.4 Å². The first-order valence-electron chi connectivity index (χ1n) is 7.62. The van der Waals surface area contributed by atoms with Crippen LogP contribution in [0.25, 0.3) is 0 Å². The van der Waals surface area contributed by atoms with Crippen molar-refractivity contribution in [1.82, 2.24) is 0 Å². The lowest BCUT2D eigenvalue weighted by Gasteiger charge is -2.27. The molecule has 0 spiro atoms. The molecule has 3 aromatic rings. The van der Waals surface area contributed by atoms with E-state index in [-0.39, 0.29) is 0 Å². The third-order valence-electron chi connectivity index (χ3n) is 3.81. The fourth-order valence-corrected chi connectivity index (χ4v) is 2.69. The van der Waals surface area contributed by atoms with Crippen molar-refractivity contribution < 1.29 is 0 Å². The summed E-state index contributed by atoms with van der Waals surface area (Å²) in [7, 11) is 0. The van der Waals surface area contributed by atoms with Crippen molar-refractivity contribution in [3.05, 3.63) is 102 Å². The summed E-state index contributed by atoms with van der Waals surface area (Å²) in [5.74, 6) is 0. The number of nitrogens with zero attached hydrogens (tertiary/aromatic N) is 1. The summed E-state index contributed by atoms with van der Waals surface area (Å²) in [4.78, 5) is 2.42. The van der Waals surface area contributed by atoms with Crippen LogP contribution in [-0.2, 0) is 13.1 Å². The third-order valence-corrected chi connectivity index (χ3v) is 3.81. The van der Waals surface area contributed by atoms with Crippen LogP contribution in [0.3, 0.4) is 0 Å². The van der Waals surface area contributed by atoms with Crippen LogP contribution in [0.5, 0.6) is 0 Å². The minimum absolute atomic E-state index is 0.903. The Balaban J connectivity index is 1.90. The fourth-order valence-electron chi connectivity index (χ4n) is 2.69. The van der Waals surface area contributed by atoms with E-state index in [1.807, 2.05) is 6.07 Å². The number of hydrogen-bond acceptors (Lipinski definition) is 1. The van der Waals surface area contributed by atoms with Crippen molar-refractivity contribution in [1.29, 1.82) is 0 Å². The van der Waals surface area contributed by atoms with Gasteiger partial charge in [-0.05, 0) is 41.8 Å². The third kappa shape index (κ3) is 3.56. The Morgan fingerprint density at radius 1 is 0.773 bits per heavy atom. The predicted octanol–water partition coefficient (Wildman–Crippen LogP) is 5.00. The van der Waals surface area contributed by atoms with Gasteiger partial charge in [0.15, 0.2) is 0 Å². The van der Waals surface area contributed by atoms with Crippen LogP contribution >= 0.6 is 0 Å². The summed E-state index contributed by atoms with van der Waals surface area (Å²) in [6.07, 6.45) is 0. The van der Waals surface area contributed by atoms with Crippen LogP contribution in [-0.4, -0.2) is 0 Å². The molecule has 0 aromatic heterocycles. The van der Waals surface area contributed by atoms with Gasteiger partial charge in [0, 0.05) is 18.8 Å². The molecular formula is C21H20N. The summed E-state index contributed by atoms with van der Waals surface area (Å²) in [6.45, 7) is 3.95. The molecule has 0 heterocycles. The highest BCUT2D eigenvalue weighted by molar-refractivity contribution is 5.53. The highest BCUT2D eigenvalue weighted by atomic mass is 15.1. The van der Waals surface area contributed by atoms with Gasteiger partial charge in [0.2, 0.25) is 0 Å². The van der Waals surface area contributed by atoms with E-state index in [2.05, 4.69) is 90.7 Å². The molecule has 0 saturated heterocycles. The summed E-state index contributed by atoms with van der Waals surface area (Å²) < 4.78 is 0. The molecule has 1 radical (unpaired) electrons. The summed E-state index contributed by atoms with van der Waals surface area (Å²) in [5, 5.41) is 0. The van der Waals surface area contributed by atoms with E-state index in [0.29, 0.717) is 0 Å². The molecule has 0 unspecified atom stereocenters. The van der Waals surface area contributed by atoms with Crippen molar-refractivity contribution >= 4 is 5.69 Å². The Labute approximate surface area is 132 Å². The van der Waals surface area contributed by atoms with E-state index < -0.39 is 0 Å². The van der Waals surface area contributed by atoms with Gasteiger partial charge in [-0.2, -0.15) is 0 Å². The molecule has 0 atom stereocenters. The Hall–Kier alpha value is -2.54. The quantitative estimate of drug-likeness (QED) is 0.638. The molecule has 0 aliphatic heterocycles. The lowest BCUT2D eigenvalue weighted by Crippen LogP contribution is -2.22. The molecule has 0 aliphatic carbocycles. The lowest BCUT2D eigenvalue weighted by atomic mass is 10.1. The zero-order chi connectivity index (χ0) is 15.2. The molecule has 1 heteroatoms. The maximum absolute atomic E-state index is 3.16. The second-order valence-electron chi connectivity index (χ2n) is 5.54. The molecule has 3 aromatic carbocycles. The first kappa shape index (κ1) is 14.4. The van der Waals surface area contributed by atoms with Crippen LogP contribution in [0.2, 0.25) is 0 Å². The van der Waals surface area contributed by atoms with E-state index in [1.54, 1.807) is 0 Å². The predicted molar refractivity (Wildman–Crippen MR) is 92.8 cm³/mol. The second kappa shape index (κ2) is 6.95. The van der Waals surface area contributed by atoms with Gasteiger partial charge in [-0.25, -0.2) is 0 Å². The minimum Gasteiger partial charge on any atom is -0.363 e. The first-order valence-corrected chi connectivity index (χ1v) is 7.62. The van der Waals surface area contributed by atoms with Gasteiger partial charge in [0.25, 0.3) is 0 Å². The second-order valence-corrected chi connectivity index (χ2v) is 5.54. The van der Waals surface area contributed by atoms with E-state index in [4.69, 9.17) is 0 Å². The van der Waals surface area contributed by atoms with E-state index in [9.17, 15) is 0 Å². The Bertz CT molecular complexity index is 663. The molecule has 0 bridgehead atoms. The highest BCUT2D eigenvalue weighted by Gasteiger charge is 2.10. The topological polar surface area (TPSA) is 3.24 Å². The van der Waals surface area contributed by atoms with Crippen LogP contribution in [0.15, 0.2) is 78.9 Å². The van der Waals surface area contributed by atoms with Gasteiger partial charge in [-0.1, -0.05) is 66.7 Å². The normalized spacial score (nSPS) is 10.4. The maximum atomic E-state index is 3.16. The average Bonchev–Trinajstić information content (AvgIpc) is 2.57. The van der Waals surface area contributed by atoms with Crippen molar-refractivity contribution in [2.24, 2.45) is 0 Å². The van der Waals surface area contributed by atoms with Crippen molar-refractivity contribution in [3.63, 3.8) is 0 Å². The molecule has 0 N–H and O–H groups in total. The van der Waals surface area contributed by atoms with Gasteiger partial charge in [0.05, 0.1) is 0 Å². The molecule has 0 fully saturated rings. The number of benzene rings is 3. The number of aryl methyl sites for hydroxylation is 1. The fraction of sp³-hybridized carbons (Fsp3) is 0.143. The largest absolute Gasteiger partial charge is 0.363 e. The number of hydrogen-bond donors (Lipinski definition) is 0. The van der Waals surface area contributed by atoms with Crippen LogP contribution < -0.4 is 4.90 Å². The lowest BCUT2D eigenvalue weighted by molar-refractivity contribution is 0.796. The standard InChI is InChI=1S/C21H20N/c1-18-10-8-9-15-21(18)22(16-19-11-4-2-5-12-19)17-20-13-6-3-7-14-20/h2-7,9-15H,16-17H2,1H3. The zero-order valence-corrected chi connectivity index (χ0v) is 12.9. The van der Waals surface area contributed by atoms with Gasteiger partial charge in [0.1, 0.15) is 0 Å². The first-order chi connectivity index (χ1) is 10.8. The zero-order valence-electron chi connectivity index (χ0n) is 12.9. The Kier molecular flexibility index (Phi) is 4.55. The van der Waals surface area contributed by atoms with Crippen molar-refractivity contribution in [2.75, 3.05) is 4.90 Å². The smallest absolute Gasteiger partial charge is 0.0433 e. The number of anilines is 1. The van der Waals surface area contributed by atoms with E-state index >= 15 is 0 Å². The highest BCUT2D eigenvalue weighted by Crippen LogP contribution is 2.23. The van der Waals surface area contributed by atoms with Crippen molar-refractivity contribution in [2.45, 2.75) is 20.0 Å². The molecule has 109 valence electrons. The van der Waals surface area contributed by atoms with Crippen LogP contribution in [0.1, 0.15) is 16.7 Å².